The Bertz CT molecular complexity index is 486. The Morgan fingerprint density at radius 3 is 2.79 bits per heavy atom. The number of hydrogen-bond donors (Lipinski definition) is 1. The molecule has 0 unspecified atom stereocenters. The molecule has 2 rings (SSSR count). The summed E-state index contributed by atoms with van der Waals surface area (Å²) in [7, 11) is 1.61. The van der Waals surface area contributed by atoms with Gasteiger partial charge in [-0.25, -0.2) is 0 Å². The van der Waals surface area contributed by atoms with Crippen LogP contribution in [0, 0.1) is 0 Å². The molecule has 1 aliphatic rings. The van der Waals surface area contributed by atoms with Crippen LogP contribution in [0.15, 0.2) is 10.5 Å². The second kappa shape index (κ2) is 6.53. The van der Waals surface area contributed by atoms with Gasteiger partial charge in [-0.05, 0) is 65.4 Å². The molecule has 19 heavy (non-hydrogen) atoms. The Morgan fingerprint density at radius 2 is 2.11 bits per heavy atom. The summed E-state index contributed by atoms with van der Waals surface area (Å²) < 4.78 is 6.40. The molecule has 3 nitrogen and oxygen atoms in total. The highest BCUT2D eigenvalue weighted by Gasteiger charge is 2.21. The number of nitrogens with two attached hydrogens (primary N) is 1. The molecule has 0 heterocycles. The fourth-order valence-corrected chi connectivity index (χ4v) is 3.51. The predicted molar refractivity (Wildman–Crippen MR) is 80.0 cm³/mol. The van der Waals surface area contributed by atoms with E-state index in [1.165, 1.54) is 30.4 Å². The largest absolute Gasteiger partial charge is 0.495 e. The summed E-state index contributed by atoms with van der Waals surface area (Å²) in [6, 6.07) is 2.02. The van der Waals surface area contributed by atoms with Gasteiger partial charge >= 0.3 is 0 Å². The van der Waals surface area contributed by atoms with Gasteiger partial charge in [-0.2, -0.15) is 0 Å². The van der Waals surface area contributed by atoms with Crippen LogP contribution in [0.5, 0.6) is 5.75 Å². The zero-order chi connectivity index (χ0) is 13.8. The van der Waals surface area contributed by atoms with Gasteiger partial charge in [-0.1, -0.05) is 6.42 Å². The summed E-state index contributed by atoms with van der Waals surface area (Å²) in [5.41, 5.74) is 8.74. The highest BCUT2D eigenvalue weighted by atomic mass is 79.9. The van der Waals surface area contributed by atoms with E-state index >= 15 is 0 Å². The number of carbonyl (C=O) groups is 1. The third kappa shape index (κ3) is 3.00. The molecule has 0 aliphatic heterocycles. The van der Waals surface area contributed by atoms with E-state index in [0.717, 1.165) is 17.3 Å². The average molecular weight is 326 g/mol. The molecule has 0 bridgehead atoms. The number of hydrogen-bond acceptors (Lipinski definition) is 3. The molecule has 2 N–H and O–H groups in total. The summed E-state index contributed by atoms with van der Waals surface area (Å²) in [6.45, 7) is 0.372. The maximum Gasteiger partial charge on any atom is 0.167 e. The van der Waals surface area contributed by atoms with Gasteiger partial charge in [0.05, 0.1) is 17.1 Å². The SMILES string of the molecule is COc1c(C(=O)CCN)cc2c(c1Br)CCCCC2. The number of carbonyl (C=O) groups excluding carboxylic acids is 1. The Hall–Kier alpha value is -0.870. The van der Waals surface area contributed by atoms with Crippen molar-refractivity contribution in [2.45, 2.75) is 38.5 Å². The second-order valence-electron chi connectivity index (χ2n) is 4.93. The van der Waals surface area contributed by atoms with Crippen LogP contribution in [0.25, 0.3) is 0 Å². The lowest BCUT2D eigenvalue weighted by Crippen LogP contribution is -2.11. The third-order valence-corrected chi connectivity index (χ3v) is 4.50. The lowest BCUT2D eigenvalue weighted by molar-refractivity contribution is 0.0982. The van der Waals surface area contributed by atoms with Crippen LogP contribution in [0.1, 0.15) is 47.2 Å². The van der Waals surface area contributed by atoms with Crippen molar-refractivity contribution in [3.8, 4) is 5.75 Å². The quantitative estimate of drug-likeness (QED) is 0.682. The minimum absolute atomic E-state index is 0.0621. The van der Waals surface area contributed by atoms with Crippen molar-refractivity contribution in [2.75, 3.05) is 13.7 Å². The molecule has 0 saturated carbocycles. The van der Waals surface area contributed by atoms with Gasteiger partial charge in [0.1, 0.15) is 5.75 Å². The van der Waals surface area contributed by atoms with E-state index in [1.54, 1.807) is 7.11 Å². The molecule has 0 fully saturated rings. The molecule has 0 saturated heterocycles. The molecule has 1 aromatic carbocycles. The number of ether oxygens (including phenoxy) is 1. The summed E-state index contributed by atoms with van der Waals surface area (Å²) in [4.78, 5) is 12.2. The number of aryl methyl sites for hydroxylation is 1. The smallest absolute Gasteiger partial charge is 0.167 e. The van der Waals surface area contributed by atoms with Crippen LogP contribution in [-0.4, -0.2) is 19.4 Å². The van der Waals surface area contributed by atoms with E-state index in [4.69, 9.17) is 10.5 Å². The van der Waals surface area contributed by atoms with Gasteiger partial charge in [-0.15, -0.1) is 0 Å². The van der Waals surface area contributed by atoms with Crippen LogP contribution < -0.4 is 10.5 Å². The first-order chi connectivity index (χ1) is 9.19. The molecule has 0 radical (unpaired) electrons. The first kappa shape index (κ1) is 14.5. The van der Waals surface area contributed by atoms with Crippen LogP contribution in [0.2, 0.25) is 0 Å². The molecule has 0 spiro atoms. The Kier molecular flexibility index (Phi) is 4.99. The molecular weight excluding hydrogens is 306 g/mol. The molecule has 0 atom stereocenters. The normalized spacial score (nSPS) is 14.7. The maximum atomic E-state index is 12.2. The molecule has 104 valence electrons. The number of ketones is 1. The number of rotatable bonds is 4. The molecular formula is C15H20BrNO2. The van der Waals surface area contributed by atoms with Gasteiger partial charge in [-0.3, -0.25) is 4.79 Å². The maximum absolute atomic E-state index is 12.2. The van der Waals surface area contributed by atoms with Crippen molar-refractivity contribution in [1.29, 1.82) is 0 Å². The van der Waals surface area contributed by atoms with Crippen LogP contribution >= 0.6 is 15.9 Å². The van der Waals surface area contributed by atoms with Crippen LogP contribution in [-0.2, 0) is 12.8 Å². The monoisotopic (exact) mass is 325 g/mol. The van der Waals surface area contributed by atoms with Gasteiger partial charge < -0.3 is 10.5 Å². The van der Waals surface area contributed by atoms with Gasteiger partial charge in [0, 0.05) is 6.42 Å². The van der Waals surface area contributed by atoms with Gasteiger partial charge in [0.2, 0.25) is 0 Å². The topological polar surface area (TPSA) is 52.3 Å². The predicted octanol–water partition coefficient (Wildman–Crippen LogP) is 3.26. The van der Waals surface area contributed by atoms with Gasteiger partial charge in [0.25, 0.3) is 0 Å². The molecule has 4 heteroatoms. The number of halogens is 1. The average Bonchev–Trinajstić information content (AvgIpc) is 2.64. The van der Waals surface area contributed by atoms with Gasteiger partial charge in [0.15, 0.2) is 5.78 Å². The summed E-state index contributed by atoms with van der Waals surface area (Å²) >= 11 is 3.62. The van der Waals surface area contributed by atoms with Crippen molar-refractivity contribution in [3.63, 3.8) is 0 Å². The Morgan fingerprint density at radius 1 is 1.37 bits per heavy atom. The highest BCUT2D eigenvalue weighted by molar-refractivity contribution is 9.10. The van der Waals surface area contributed by atoms with Crippen molar-refractivity contribution >= 4 is 21.7 Å². The first-order valence-corrected chi connectivity index (χ1v) is 7.59. The van der Waals surface area contributed by atoms with Crippen LogP contribution in [0.3, 0.4) is 0 Å². The summed E-state index contributed by atoms with van der Waals surface area (Å²) in [6.07, 6.45) is 6.09. The fraction of sp³-hybridized carbons (Fsp3) is 0.533. The molecule has 0 aromatic heterocycles. The highest BCUT2D eigenvalue weighted by Crippen LogP contribution is 2.38. The Balaban J connectivity index is 2.51. The van der Waals surface area contributed by atoms with E-state index in [-0.39, 0.29) is 5.78 Å². The van der Waals surface area contributed by atoms with Crippen molar-refractivity contribution in [2.24, 2.45) is 5.73 Å². The molecule has 0 amide bonds. The van der Waals surface area contributed by atoms with Crippen molar-refractivity contribution < 1.29 is 9.53 Å². The zero-order valence-corrected chi connectivity index (χ0v) is 12.9. The van der Waals surface area contributed by atoms with E-state index in [2.05, 4.69) is 15.9 Å². The van der Waals surface area contributed by atoms with E-state index in [0.29, 0.717) is 24.3 Å². The fourth-order valence-electron chi connectivity index (χ4n) is 2.68. The van der Waals surface area contributed by atoms with Crippen molar-refractivity contribution in [1.82, 2.24) is 0 Å². The molecule has 1 aliphatic carbocycles. The minimum atomic E-state index is 0.0621. The summed E-state index contributed by atoms with van der Waals surface area (Å²) in [5, 5.41) is 0. The lowest BCUT2D eigenvalue weighted by Gasteiger charge is -2.16. The molecule has 1 aromatic rings. The van der Waals surface area contributed by atoms with Crippen LogP contribution in [0.4, 0.5) is 0 Å². The number of benzene rings is 1. The van der Waals surface area contributed by atoms with E-state index in [9.17, 15) is 4.79 Å². The second-order valence-corrected chi connectivity index (χ2v) is 5.72. The summed E-state index contributed by atoms with van der Waals surface area (Å²) in [5.74, 6) is 0.728. The van der Waals surface area contributed by atoms with E-state index in [1.807, 2.05) is 6.07 Å². The minimum Gasteiger partial charge on any atom is -0.495 e. The van der Waals surface area contributed by atoms with E-state index < -0.39 is 0 Å². The zero-order valence-electron chi connectivity index (χ0n) is 11.3. The third-order valence-electron chi connectivity index (χ3n) is 3.66. The first-order valence-electron chi connectivity index (χ1n) is 6.80. The number of fused-ring (bicyclic) bond motifs is 1. The number of Topliss-reactive ketones (excluding diaryl/α,β-unsaturated/α-hetero) is 1. The van der Waals surface area contributed by atoms with Crippen molar-refractivity contribution in [3.05, 3.63) is 27.2 Å². The Labute approximate surface area is 122 Å². The standard InChI is InChI=1S/C15H20BrNO2/c1-19-15-12(13(18)7-8-17)9-10-5-3-2-4-6-11(10)14(15)16/h9H,2-8,17H2,1H3. The number of methoxy groups -OCH3 is 1. The lowest BCUT2D eigenvalue weighted by atomic mass is 9.96.